The lowest BCUT2D eigenvalue weighted by molar-refractivity contribution is -0.116. The van der Waals surface area contributed by atoms with Gasteiger partial charge in [0.05, 0.1) is 6.61 Å². The molecule has 3 rings (SSSR count). The number of nitrogens with one attached hydrogen (secondary N) is 1. The number of carbonyl (C=O) groups is 1. The molecular formula is C24H31N3O2. The Morgan fingerprint density at radius 1 is 1.00 bits per heavy atom. The summed E-state index contributed by atoms with van der Waals surface area (Å²) in [5.41, 5.74) is 2.35. The minimum absolute atomic E-state index is 0.0541. The molecule has 0 aliphatic carbocycles. The molecular weight excluding hydrogens is 362 g/mol. The van der Waals surface area contributed by atoms with Gasteiger partial charge in [-0.15, -0.1) is 0 Å². The molecule has 1 saturated heterocycles. The zero-order valence-corrected chi connectivity index (χ0v) is 17.2. The van der Waals surface area contributed by atoms with E-state index in [-0.39, 0.29) is 5.91 Å². The number of hydrogen-bond donors (Lipinski definition) is 1. The molecule has 154 valence electrons. The van der Waals surface area contributed by atoms with Gasteiger partial charge in [0.2, 0.25) is 5.91 Å². The molecule has 1 fully saturated rings. The average molecular weight is 394 g/mol. The lowest BCUT2D eigenvalue weighted by Gasteiger charge is -2.34. The van der Waals surface area contributed by atoms with Gasteiger partial charge in [0, 0.05) is 51.9 Å². The fraction of sp³-hybridized carbons (Fsp3) is 0.375. The molecule has 1 aliphatic heterocycles. The Morgan fingerprint density at radius 3 is 2.38 bits per heavy atom. The topological polar surface area (TPSA) is 44.8 Å². The van der Waals surface area contributed by atoms with Gasteiger partial charge in [-0.3, -0.25) is 14.6 Å². The van der Waals surface area contributed by atoms with Crippen molar-refractivity contribution in [3.8, 4) is 5.75 Å². The Morgan fingerprint density at radius 2 is 1.69 bits per heavy atom. The summed E-state index contributed by atoms with van der Waals surface area (Å²) in [6.07, 6.45) is 3.42. The summed E-state index contributed by atoms with van der Waals surface area (Å²) in [4.78, 5) is 16.9. The van der Waals surface area contributed by atoms with Crippen LogP contribution in [0.15, 0.2) is 60.7 Å². The monoisotopic (exact) mass is 393 g/mol. The van der Waals surface area contributed by atoms with Crippen molar-refractivity contribution in [2.75, 3.05) is 45.9 Å². The van der Waals surface area contributed by atoms with Crippen LogP contribution in [0.3, 0.4) is 0 Å². The number of piperazine rings is 1. The third kappa shape index (κ3) is 7.37. The van der Waals surface area contributed by atoms with Crippen molar-refractivity contribution in [1.29, 1.82) is 0 Å². The number of carbonyl (C=O) groups excluding carboxylic acids is 1. The van der Waals surface area contributed by atoms with Crippen molar-refractivity contribution in [1.82, 2.24) is 15.1 Å². The van der Waals surface area contributed by atoms with Crippen LogP contribution in [0.4, 0.5) is 0 Å². The fourth-order valence-corrected chi connectivity index (χ4v) is 3.42. The lowest BCUT2D eigenvalue weighted by Crippen LogP contribution is -2.47. The van der Waals surface area contributed by atoms with E-state index in [1.54, 1.807) is 6.08 Å². The van der Waals surface area contributed by atoms with E-state index in [1.165, 1.54) is 5.56 Å². The summed E-state index contributed by atoms with van der Waals surface area (Å²) in [5.74, 6) is 0.791. The van der Waals surface area contributed by atoms with Gasteiger partial charge in [0.1, 0.15) is 5.75 Å². The van der Waals surface area contributed by atoms with Crippen LogP contribution >= 0.6 is 0 Å². The van der Waals surface area contributed by atoms with Crippen LogP contribution in [0.5, 0.6) is 5.75 Å². The summed E-state index contributed by atoms with van der Waals surface area (Å²) >= 11 is 0. The lowest BCUT2D eigenvalue weighted by atomic mass is 10.2. The van der Waals surface area contributed by atoms with Gasteiger partial charge in [0.25, 0.3) is 0 Å². The van der Waals surface area contributed by atoms with Crippen LogP contribution in [0.2, 0.25) is 0 Å². The van der Waals surface area contributed by atoms with Gasteiger partial charge in [-0.05, 0) is 36.3 Å². The van der Waals surface area contributed by atoms with E-state index in [9.17, 15) is 4.79 Å². The number of hydrogen-bond acceptors (Lipinski definition) is 4. The molecule has 0 unspecified atom stereocenters. The van der Waals surface area contributed by atoms with E-state index in [0.29, 0.717) is 13.2 Å². The van der Waals surface area contributed by atoms with Crippen LogP contribution in [0.25, 0.3) is 6.08 Å². The number of nitrogens with zero attached hydrogens (tertiary/aromatic N) is 2. The molecule has 1 heterocycles. The molecule has 29 heavy (non-hydrogen) atoms. The van der Waals surface area contributed by atoms with Crippen LogP contribution in [-0.2, 0) is 11.3 Å². The van der Waals surface area contributed by atoms with E-state index in [4.69, 9.17) is 4.74 Å². The highest BCUT2D eigenvalue weighted by Gasteiger charge is 2.16. The molecule has 1 amide bonds. The summed E-state index contributed by atoms with van der Waals surface area (Å²) in [7, 11) is 0. The zero-order chi connectivity index (χ0) is 20.3. The van der Waals surface area contributed by atoms with E-state index < -0.39 is 0 Å². The molecule has 0 spiro atoms. The Kier molecular flexibility index (Phi) is 8.28. The first-order valence-corrected chi connectivity index (χ1v) is 10.4. The second-order valence-corrected chi connectivity index (χ2v) is 7.23. The Bertz CT molecular complexity index is 766. The highest BCUT2D eigenvalue weighted by Crippen LogP contribution is 2.13. The normalized spacial score (nSPS) is 15.5. The Balaban J connectivity index is 1.31. The van der Waals surface area contributed by atoms with Gasteiger partial charge in [-0.2, -0.15) is 0 Å². The van der Waals surface area contributed by atoms with Crippen molar-refractivity contribution < 1.29 is 9.53 Å². The standard InChI is InChI=1S/C24H31N3O2/c1-2-29-23-11-8-21(9-12-23)10-13-24(28)25-14-15-26-16-18-27(19-17-26)20-22-6-4-3-5-7-22/h3-13H,2,14-20H2,1H3,(H,25,28)/b13-10+. The van der Waals surface area contributed by atoms with E-state index in [1.807, 2.05) is 37.3 Å². The highest BCUT2D eigenvalue weighted by molar-refractivity contribution is 5.91. The number of benzene rings is 2. The number of ether oxygens (including phenoxy) is 1. The maximum atomic E-state index is 12.0. The Labute approximate surface area is 174 Å². The summed E-state index contributed by atoms with van der Waals surface area (Å²) in [5, 5.41) is 2.98. The highest BCUT2D eigenvalue weighted by atomic mass is 16.5. The van der Waals surface area contributed by atoms with E-state index in [0.717, 1.165) is 50.6 Å². The first-order valence-electron chi connectivity index (χ1n) is 10.4. The first kappa shape index (κ1) is 21.1. The zero-order valence-electron chi connectivity index (χ0n) is 17.2. The summed E-state index contributed by atoms with van der Waals surface area (Å²) < 4.78 is 5.42. The van der Waals surface area contributed by atoms with E-state index >= 15 is 0 Å². The average Bonchev–Trinajstić information content (AvgIpc) is 2.75. The van der Waals surface area contributed by atoms with Crippen molar-refractivity contribution in [3.05, 3.63) is 71.8 Å². The maximum Gasteiger partial charge on any atom is 0.244 e. The Hall–Kier alpha value is -2.63. The van der Waals surface area contributed by atoms with Gasteiger partial charge in [-0.25, -0.2) is 0 Å². The summed E-state index contributed by atoms with van der Waals surface area (Å²) in [6.45, 7) is 9.42. The van der Waals surface area contributed by atoms with Gasteiger partial charge < -0.3 is 10.1 Å². The predicted octanol–water partition coefficient (Wildman–Crippen LogP) is 3.03. The van der Waals surface area contributed by atoms with Crippen LogP contribution in [0.1, 0.15) is 18.1 Å². The fourth-order valence-electron chi connectivity index (χ4n) is 3.42. The number of amides is 1. The van der Waals surface area contributed by atoms with Crippen molar-refractivity contribution in [3.63, 3.8) is 0 Å². The second kappa shape index (κ2) is 11.4. The van der Waals surface area contributed by atoms with Crippen LogP contribution in [0, 0.1) is 0 Å². The van der Waals surface area contributed by atoms with Crippen molar-refractivity contribution in [2.24, 2.45) is 0 Å². The molecule has 1 N–H and O–H groups in total. The maximum absolute atomic E-state index is 12.0. The van der Waals surface area contributed by atoms with Crippen molar-refractivity contribution in [2.45, 2.75) is 13.5 Å². The largest absolute Gasteiger partial charge is 0.494 e. The molecule has 0 atom stereocenters. The molecule has 0 radical (unpaired) electrons. The van der Waals surface area contributed by atoms with Gasteiger partial charge >= 0.3 is 0 Å². The molecule has 0 bridgehead atoms. The van der Waals surface area contributed by atoms with Gasteiger partial charge in [0.15, 0.2) is 0 Å². The first-order chi connectivity index (χ1) is 14.2. The molecule has 5 nitrogen and oxygen atoms in total. The SMILES string of the molecule is CCOc1ccc(/C=C/C(=O)NCCN2CCN(Cc3ccccc3)CC2)cc1. The van der Waals surface area contributed by atoms with Crippen LogP contribution in [-0.4, -0.2) is 61.6 Å². The minimum atomic E-state index is -0.0541. The quantitative estimate of drug-likeness (QED) is 0.665. The van der Waals surface area contributed by atoms with Crippen LogP contribution < -0.4 is 10.1 Å². The third-order valence-corrected chi connectivity index (χ3v) is 5.06. The smallest absolute Gasteiger partial charge is 0.244 e. The molecule has 0 saturated carbocycles. The van der Waals surface area contributed by atoms with Crippen molar-refractivity contribution >= 4 is 12.0 Å². The number of rotatable bonds is 9. The minimum Gasteiger partial charge on any atom is -0.494 e. The second-order valence-electron chi connectivity index (χ2n) is 7.23. The molecule has 2 aromatic carbocycles. The van der Waals surface area contributed by atoms with E-state index in [2.05, 4.69) is 45.4 Å². The molecule has 5 heteroatoms. The third-order valence-electron chi connectivity index (χ3n) is 5.06. The predicted molar refractivity (Wildman–Crippen MR) is 118 cm³/mol. The molecule has 1 aliphatic rings. The summed E-state index contributed by atoms with van der Waals surface area (Å²) in [6, 6.07) is 18.3. The molecule has 2 aromatic rings. The van der Waals surface area contributed by atoms with Gasteiger partial charge in [-0.1, -0.05) is 42.5 Å². The molecule has 0 aromatic heterocycles.